The number of hydrogen-bond donors (Lipinski definition) is 2. The molecular weight excluding hydrogens is 150 g/mol. The second kappa shape index (κ2) is 8.58. The molecule has 0 fully saturated rings. The molecule has 0 saturated carbocycles. The fourth-order valence-corrected chi connectivity index (χ4v) is 1.10. The van der Waals surface area contributed by atoms with Crippen LogP contribution in [0.2, 0.25) is 0 Å². The SMILES string of the molecule is C#CCCCNC(CC)CCO. The van der Waals surface area contributed by atoms with Crippen molar-refractivity contribution in [2.24, 2.45) is 0 Å². The van der Waals surface area contributed by atoms with E-state index in [2.05, 4.69) is 18.2 Å². The largest absolute Gasteiger partial charge is 0.396 e. The third-order valence-corrected chi connectivity index (χ3v) is 1.90. The normalized spacial score (nSPS) is 12.4. The summed E-state index contributed by atoms with van der Waals surface area (Å²) in [4.78, 5) is 0. The maximum Gasteiger partial charge on any atom is 0.0445 e. The molecule has 12 heavy (non-hydrogen) atoms. The highest BCUT2D eigenvalue weighted by Crippen LogP contribution is 1.96. The fraction of sp³-hybridized carbons (Fsp3) is 0.800. The molecule has 0 aromatic rings. The summed E-state index contributed by atoms with van der Waals surface area (Å²) in [5, 5.41) is 12.0. The summed E-state index contributed by atoms with van der Waals surface area (Å²) >= 11 is 0. The minimum atomic E-state index is 0.265. The molecule has 0 bridgehead atoms. The average Bonchev–Trinajstić information content (AvgIpc) is 2.10. The van der Waals surface area contributed by atoms with E-state index in [-0.39, 0.29) is 6.61 Å². The molecular formula is C10H19NO. The van der Waals surface area contributed by atoms with Gasteiger partial charge in [0.2, 0.25) is 0 Å². The van der Waals surface area contributed by atoms with Gasteiger partial charge in [0.05, 0.1) is 0 Å². The molecule has 0 saturated heterocycles. The highest BCUT2D eigenvalue weighted by molar-refractivity contribution is 4.83. The van der Waals surface area contributed by atoms with Crippen molar-refractivity contribution in [2.45, 2.75) is 38.6 Å². The van der Waals surface area contributed by atoms with Crippen molar-refractivity contribution in [1.29, 1.82) is 0 Å². The Morgan fingerprint density at radius 1 is 1.58 bits per heavy atom. The lowest BCUT2D eigenvalue weighted by molar-refractivity contribution is 0.262. The summed E-state index contributed by atoms with van der Waals surface area (Å²) in [5.74, 6) is 2.60. The van der Waals surface area contributed by atoms with Gasteiger partial charge in [-0.2, -0.15) is 0 Å². The Hall–Kier alpha value is -0.520. The number of unbranched alkanes of at least 4 members (excludes halogenated alkanes) is 1. The molecule has 1 atom stereocenters. The van der Waals surface area contributed by atoms with E-state index in [1.54, 1.807) is 0 Å². The number of nitrogens with one attached hydrogen (secondary N) is 1. The molecule has 2 heteroatoms. The molecule has 0 aromatic heterocycles. The van der Waals surface area contributed by atoms with Crippen molar-refractivity contribution >= 4 is 0 Å². The maximum absolute atomic E-state index is 8.70. The zero-order valence-corrected chi connectivity index (χ0v) is 7.84. The second-order valence-corrected chi connectivity index (χ2v) is 2.88. The lowest BCUT2D eigenvalue weighted by Gasteiger charge is -2.14. The van der Waals surface area contributed by atoms with Gasteiger partial charge in [-0.15, -0.1) is 12.3 Å². The Morgan fingerprint density at radius 2 is 2.33 bits per heavy atom. The molecule has 1 unspecified atom stereocenters. The van der Waals surface area contributed by atoms with E-state index >= 15 is 0 Å². The number of aliphatic hydroxyl groups is 1. The third-order valence-electron chi connectivity index (χ3n) is 1.90. The van der Waals surface area contributed by atoms with Gasteiger partial charge >= 0.3 is 0 Å². The van der Waals surface area contributed by atoms with Gasteiger partial charge in [-0.1, -0.05) is 6.92 Å². The maximum atomic E-state index is 8.70. The average molecular weight is 169 g/mol. The predicted octanol–water partition coefficient (Wildman–Crippen LogP) is 1.15. The minimum Gasteiger partial charge on any atom is -0.396 e. The van der Waals surface area contributed by atoms with E-state index in [9.17, 15) is 0 Å². The quantitative estimate of drug-likeness (QED) is 0.442. The van der Waals surface area contributed by atoms with Crippen LogP contribution in [0.1, 0.15) is 32.6 Å². The van der Waals surface area contributed by atoms with Gasteiger partial charge in [-0.25, -0.2) is 0 Å². The van der Waals surface area contributed by atoms with E-state index in [1.807, 2.05) is 0 Å². The van der Waals surface area contributed by atoms with Crippen LogP contribution in [-0.2, 0) is 0 Å². The lowest BCUT2D eigenvalue weighted by Crippen LogP contribution is -2.30. The summed E-state index contributed by atoms with van der Waals surface area (Å²) < 4.78 is 0. The summed E-state index contributed by atoms with van der Waals surface area (Å²) in [6, 6.07) is 0.452. The van der Waals surface area contributed by atoms with Gasteiger partial charge in [0.1, 0.15) is 0 Å². The molecule has 2 N–H and O–H groups in total. The number of aliphatic hydroxyl groups excluding tert-OH is 1. The molecule has 0 aromatic carbocycles. The fourth-order valence-electron chi connectivity index (χ4n) is 1.10. The van der Waals surface area contributed by atoms with Crippen molar-refractivity contribution in [1.82, 2.24) is 5.32 Å². The van der Waals surface area contributed by atoms with Gasteiger partial charge in [-0.05, 0) is 25.8 Å². The van der Waals surface area contributed by atoms with E-state index < -0.39 is 0 Å². The van der Waals surface area contributed by atoms with Crippen molar-refractivity contribution in [3.8, 4) is 12.3 Å². The lowest BCUT2D eigenvalue weighted by atomic mass is 10.1. The van der Waals surface area contributed by atoms with Crippen LogP contribution in [-0.4, -0.2) is 24.3 Å². The van der Waals surface area contributed by atoms with Crippen LogP contribution in [0, 0.1) is 12.3 Å². The third kappa shape index (κ3) is 6.21. The van der Waals surface area contributed by atoms with Crippen LogP contribution in [0.3, 0.4) is 0 Å². The Kier molecular flexibility index (Phi) is 8.20. The zero-order valence-electron chi connectivity index (χ0n) is 7.84. The predicted molar refractivity (Wildman–Crippen MR) is 51.9 cm³/mol. The second-order valence-electron chi connectivity index (χ2n) is 2.88. The van der Waals surface area contributed by atoms with Crippen LogP contribution in [0.25, 0.3) is 0 Å². The van der Waals surface area contributed by atoms with Crippen molar-refractivity contribution < 1.29 is 5.11 Å². The van der Waals surface area contributed by atoms with Crippen LogP contribution in [0.15, 0.2) is 0 Å². The first kappa shape index (κ1) is 11.5. The monoisotopic (exact) mass is 169 g/mol. The number of terminal acetylenes is 1. The van der Waals surface area contributed by atoms with Gasteiger partial charge < -0.3 is 10.4 Å². The summed E-state index contributed by atoms with van der Waals surface area (Å²) in [6.07, 6.45) is 8.89. The zero-order chi connectivity index (χ0) is 9.23. The Morgan fingerprint density at radius 3 is 2.83 bits per heavy atom. The Labute approximate surface area is 75.4 Å². The van der Waals surface area contributed by atoms with E-state index in [4.69, 9.17) is 11.5 Å². The van der Waals surface area contributed by atoms with Gasteiger partial charge in [0, 0.05) is 19.1 Å². The molecule has 0 aliphatic carbocycles. The molecule has 0 radical (unpaired) electrons. The first-order valence-electron chi connectivity index (χ1n) is 4.62. The van der Waals surface area contributed by atoms with E-state index in [0.29, 0.717) is 6.04 Å². The molecule has 0 aliphatic rings. The summed E-state index contributed by atoms with van der Waals surface area (Å²) in [7, 11) is 0. The molecule has 0 aliphatic heterocycles. The van der Waals surface area contributed by atoms with Gasteiger partial charge in [-0.3, -0.25) is 0 Å². The number of hydrogen-bond acceptors (Lipinski definition) is 2. The van der Waals surface area contributed by atoms with Crippen LogP contribution in [0.5, 0.6) is 0 Å². The molecule has 0 heterocycles. The molecule has 2 nitrogen and oxygen atoms in total. The topological polar surface area (TPSA) is 32.3 Å². The van der Waals surface area contributed by atoms with E-state index in [1.165, 1.54) is 0 Å². The molecule has 0 spiro atoms. The van der Waals surface area contributed by atoms with Gasteiger partial charge in [0.25, 0.3) is 0 Å². The minimum absolute atomic E-state index is 0.265. The summed E-state index contributed by atoms with van der Waals surface area (Å²) in [6.45, 7) is 3.35. The molecule has 0 rings (SSSR count). The highest BCUT2D eigenvalue weighted by Gasteiger charge is 2.02. The molecule has 70 valence electrons. The highest BCUT2D eigenvalue weighted by atomic mass is 16.3. The number of rotatable bonds is 7. The first-order chi connectivity index (χ1) is 5.85. The van der Waals surface area contributed by atoms with Crippen molar-refractivity contribution in [2.75, 3.05) is 13.2 Å². The Bertz CT molecular complexity index is 128. The Balaban J connectivity index is 3.26. The smallest absolute Gasteiger partial charge is 0.0445 e. The van der Waals surface area contributed by atoms with Crippen molar-refractivity contribution in [3.63, 3.8) is 0 Å². The molecule has 0 amide bonds. The van der Waals surface area contributed by atoms with Crippen LogP contribution < -0.4 is 5.32 Å². The van der Waals surface area contributed by atoms with Crippen LogP contribution in [0.4, 0.5) is 0 Å². The van der Waals surface area contributed by atoms with E-state index in [0.717, 1.165) is 32.2 Å². The van der Waals surface area contributed by atoms with Crippen molar-refractivity contribution in [3.05, 3.63) is 0 Å². The standard InChI is InChI=1S/C10H19NO/c1-3-5-6-8-11-10(4-2)7-9-12/h1,10-12H,4-9H2,2H3. The summed E-state index contributed by atoms with van der Waals surface area (Å²) in [5.41, 5.74) is 0. The van der Waals surface area contributed by atoms with Gasteiger partial charge in [0.15, 0.2) is 0 Å². The van der Waals surface area contributed by atoms with Crippen LogP contribution >= 0.6 is 0 Å². The first-order valence-corrected chi connectivity index (χ1v) is 4.62.